The van der Waals surface area contributed by atoms with Crippen molar-refractivity contribution < 1.29 is 14.9 Å². The summed E-state index contributed by atoms with van der Waals surface area (Å²) < 4.78 is 0. The van der Waals surface area contributed by atoms with Crippen LogP contribution in [0, 0.1) is 17.8 Å². The van der Waals surface area contributed by atoms with Gasteiger partial charge < -0.3 is 10.6 Å². The second-order valence-corrected chi connectivity index (χ2v) is 9.32. The highest BCUT2D eigenvalue weighted by Gasteiger charge is 2.51. The monoisotopic (exact) mass is 370 g/mol. The fourth-order valence-electron chi connectivity index (χ4n) is 6.15. The van der Waals surface area contributed by atoms with E-state index in [0.717, 1.165) is 37.0 Å². The molecule has 1 aromatic carbocycles. The first kappa shape index (κ1) is 18.5. The molecule has 5 nitrogen and oxygen atoms in total. The van der Waals surface area contributed by atoms with E-state index in [9.17, 15) is 9.59 Å². The first-order valence-corrected chi connectivity index (χ1v) is 10.5. The second kappa shape index (κ2) is 7.27. The molecule has 4 fully saturated rings. The molecule has 0 unspecified atom stereocenters. The molecule has 27 heavy (non-hydrogen) atoms. The van der Waals surface area contributed by atoms with E-state index in [1.165, 1.54) is 24.8 Å². The molecule has 1 aromatic rings. The van der Waals surface area contributed by atoms with Crippen LogP contribution < -0.4 is 16.0 Å². The van der Waals surface area contributed by atoms with E-state index in [4.69, 9.17) is 0 Å². The minimum Gasteiger partial charge on any atom is -0.332 e. The lowest BCUT2D eigenvalue weighted by Crippen LogP contribution is -2.92. The number of carbonyl (C=O) groups excluding carboxylic acids is 2. The number of benzene rings is 1. The summed E-state index contributed by atoms with van der Waals surface area (Å²) in [6.07, 6.45) is 7.29. The van der Waals surface area contributed by atoms with Gasteiger partial charge in [-0.05, 0) is 70.1 Å². The van der Waals surface area contributed by atoms with Gasteiger partial charge in [0.1, 0.15) is 6.04 Å². The van der Waals surface area contributed by atoms with Gasteiger partial charge in [-0.1, -0.05) is 30.3 Å². The number of quaternary nitrogens is 1. The van der Waals surface area contributed by atoms with Gasteiger partial charge in [-0.3, -0.25) is 10.1 Å². The summed E-state index contributed by atoms with van der Waals surface area (Å²) >= 11 is 0. The fraction of sp³-hybridized carbons (Fsp3) is 0.636. The maximum Gasteiger partial charge on any atom is 0.322 e. The summed E-state index contributed by atoms with van der Waals surface area (Å²) in [5, 5.41) is 7.80. The van der Waals surface area contributed by atoms with Crippen LogP contribution in [0.2, 0.25) is 0 Å². The molecule has 4 bridgehead atoms. The van der Waals surface area contributed by atoms with Crippen LogP contribution in [0.5, 0.6) is 0 Å². The Morgan fingerprint density at radius 3 is 2.11 bits per heavy atom. The number of urea groups is 1. The number of carbonyl (C=O) groups is 2. The lowest BCUT2D eigenvalue weighted by molar-refractivity contribution is -0.710. The van der Waals surface area contributed by atoms with Crippen LogP contribution in [0.3, 0.4) is 0 Å². The standard InChI is InChI=1S/C22H31N3O2/c1-14(19-6-4-3-5-7-19)23-15(2)20(26)24-21(27)25-22-11-16-8-17(12-22)10-18(9-16)13-22/h3-7,14-18,23H,8-13H2,1-2H3,(H2,24,25,26,27)/p+1/t14-,15+,16?,17?,18?,22?/m0/s1. The SMILES string of the molecule is C[C@H]([NH2+][C@H](C)C(=O)NC(=O)NC12CC3CC(CC(C3)C1)C2)c1ccccc1. The number of hydrogen-bond donors (Lipinski definition) is 3. The summed E-state index contributed by atoms with van der Waals surface area (Å²) in [6, 6.07) is 9.65. The third-order valence-corrected chi connectivity index (χ3v) is 6.97. The van der Waals surface area contributed by atoms with Crippen molar-refractivity contribution in [2.75, 3.05) is 0 Å². The number of rotatable bonds is 5. The van der Waals surface area contributed by atoms with Crippen LogP contribution in [-0.4, -0.2) is 23.5 Å². The van der Waals surface area contributed by atoms with Gasteiger partial charge >= 0.3 is 6.03 Å². The summed E-state index contributed by atoms with van der Waals surface area (Å²) in [5.74, 6) is 2.09. The predicted octanol–water partition coefficient (Wildman–Crippen LogP) is 2.49. The van der Waals surface area contributed by atoms with Crippen LogP contribution in [-0.2, 0) is 4.79 Å². The van der Waals surface area contributed by atoms with Gasteiger partial charge in [-0.15, -0.1) is 0 Å². The van der Waals surface area contributed by atoms with Crippen LogP contribution in [0.25, 0.3) is 0 Å². The quantitative estimate of drug-likeness (QED) is 0.745. The molecule has 0 aromatic heterocycles. The molecule has 2 atom stereocenters. The van der Waals surface area contributed by atoms with Crippen molar-refractivity contribution in [1.29, 1.82) is 0 Å². The zero-order valence-corrected chi connectivity index (χ0v) is 16.4. The predicted molar refractivity (Wildman–Crippen MR) is 104 cm³/mol. The summed E-state index contributed by atoms with van der Waals surface area (Å²) in [6.45, 7) is 3.93. The van der Waals surface area contributed by atoms with Crippen molar-refractivity contribution in [2.45, 2.75) is 70.0 Å². The topological polar surface area (TPSA) is 74.8 Å². The minimum absolute atomic E-state index is 0.0661. The molecule has 0 aliphatic heterocycles. The highest BCUT2D eigenvalue weighted by molar-refractivity contribution is 5.96. The van der Waals surface area contributed by atoms with E-state index in [0.29, 0.717) is 0 Å². The summed E-state index contributed by atoms with van der Waals surface area (Å²) in [5.41, 5.74) is 1.11. The molecule has 4 N–H and O–H groups in total. The maximum atomic E-state index is 12.5. The third kappa shape index (κ3) is 4.03. The number of hydrogen-bond acceptors (Lipinski definition) is 2. The Morgan fingerprint density at radius 1 is 1.00 bits per heavy atom. The molecular formula is C22H32N3O2+. The third-order valence-electron chi connectivity index (χ3n) is 6.97. The Hall–Kier alpha value is -1.88. The zero-order chi connectivity index (χ0) is 19.0. The molecule has 0 saturated heterocycles. The Labute approximate surface area is 161 Å². The van der Waals surface area contributed by atoms with Gasteiger partial charge in [0.15, 0.2) is 6.04 Å². The van der Waals surface area contributed by atoms with Crippen LogP contribution in [0.4, 0.5) is 4.79 Å². The Bertz CT molecular complexity index is 667. The van der Waals surface area contributed by atoms with Gasteiger partial charge in [0.05, 0.1) is 0 Å². The zero-order valence-electron chi connectivity index (χ0n) is 16.4. The van der Waals surface area contributed by atoms with Gasteiger partial charge in [0, 0.05) is 11.1 Å². The number of nitrogens with one attached hydrogen (secondary N) is 2. The normalized spacial score (nSPS) is 33.3. The largest absolute Gasteiger partial charge is 0.332 e. The molecule has 4 aliphatic rings. The van der Waals surface area contributed by atoms with Gasteiger partial charge in [0.25, 0.3) is 5.91 Å². The van der Waals surface area contributed by atoms with Crippen molar-refractivity contribution in [3.8, 4) is 0 Å². The lowest BCUT2D eigenvalue weighted by atomic mass is 9.53. The van der Waals surface area contributed by atoms with E-state index in [1.807, 2.05) is 30.4 Å². The second-order valence-electron chi connectivity index (χ2n) is 9.32. The Balaban J connectivity index is 1.29. The number of amides is 3. The Morgan fingerprint density at radius 2 is 1.56 bits per heavy atom. The first-order chi connectivity index (χ1) is 12.9. The average molecular weight is 371 g/mol. The minimum atomic E-state index is -0.317. The van der Waals surface area contributed by atoms with E-state index in [-0.39, 0.29) is 29.6 Å². The van der Waals surface area contributed by atoms with Crippen molar-refractivity contribution in [2.24, 2.45) is 17.8 Å². The van der Waals surface area contributed by atoms with Crippen molar-refractivity contribution in [3.05, 3.63) is 35.9 Å². The van der Waals surface area contributed by atoms with Crippen LogP contribution in [0.1, 0.15) is 64.0 Å². The van der Waals surface area contributed by atoms with Crippen LogP contribution >= 0.6 is 0 Å². The van der Waals surface area contributed by atoms with Crippen molar-refractivity contribution in [1.82, 2.24) is 10.6 Å². The molecule has 0 spiro atoms. The molecule has 0 heterocycles. The smallest absolute Gasteiger partial charge is 0.322 e. The summed E-state index contributed by atoms with van der Waals surface area (Å²) in [7, 11) is 0. The van der Waals surface area contributed by atoms with E-state index in [1.54, 1.807) is 0 Å². The summed E-state index contributed by atoms with van der Waals surface area (Å²) in [4.78, 5) is 25.0. The molecule has 3 amide bonds. The molecule has 5 heteroatoms. The van der Waals surface area contributed by atoms with Gasteiger partial charge in [-0.2, -0.15) is 0 Å². The molecule has 5 rings (SSSR count). The molecule has 0 radical (unpaired) electrons. The van der Waals surface area contributed by atoms with Gasteiger partial charge in [-0.25, -0.2) is 4.79 Å². The van der Waals surface area contributed by atoms with Gasteiger partial charge in [0.2, 0.25) is 0 Å². The van der Waals surface area contributed by atoms with E-state index < -0.39 is 0 Å². The fourth-order valence-corrected chi connectivity index (χ4v) is 6.15. The number of imide groups is 1. The van der Waals surface area contributed by atoms with E-state index in [2.05, 4.69) is 29.7 Å². The van der Waals surface area contributed by atoms with Crippen molar-refractivity contribution in [3.63, 3.8) is 0 Å². The Kier molecular flexibility index (Phi) is 4.97. The number of nitrogens with two attached hydrogens (primary N) is 1. The first-order valence-electron chi connectivity index (χ1n) is 10.5. The van der Waals surface area contributed by atoms with E-state index >= 15 is 0 Å². The molecular weight excluding hydrogens is 338 g/mol. The highest BCUT2D eigenvalue weighted by atomic mass is 16.2. The molecule has 4 saturated carbocycles. The van der Waals surface area contributed by atoms with Crippen LogP contribution in [0.15, 0.2) is 30.3 Å². The molecule has 146 valence electrons. The molecule has 4 aliphatic carbocycles. The maximum absolute atomic E-state index is 12.5. The van der Waals surface area contributed by atoms with Crippen molar-refractivity contribution >= 4 is 11.9 Å². The lowest BCUT2D eigenvalue weighted by Gasteiger charge is -2.56. The highest BCUT2D eigenvalue weighted by Crippen LogP contribution is 2.55. The average Bonchev–Trinajstić information content (AvgIpc) is 2.60.